The normalized spacial score (nSPS) is 17.9. The van der Waals surface area contributed by atoms with E-state index < -0.39 is 11.6 Å². The summed E-state index contributed by atoms with van der Waals surface area (Å²) in [4.78, 5) is 12.0. The first kappa shape index (κ1) is 17.8. The summed E-state index contributed by atoms with van der Waals surface area (Å²) in [5.74, 6) is -1.45. The molecule has 0 spiro atoms. The molecule has 1 unspecified atom stereocenters. The van der Waals surface area contributed by atoms with E-state index in [4.69, 9.17) is 0 Å². The molecule has 0 aromatic heterocycles. The van der Waals surface area contributed by atoms with Crippen LogP contribution in [0.3, 0.4) is 0 Å². The lowest BCUT2D eigenvalue weighted by molar-refractivity contribution is -0.121. The van der Waals surface area contributed by atoms with Crippen LogP contribution in [-0.2, 0) is 11.2 Å². The highest BCUT2D eigenvalue weighted by Crippen LogP contribution is 2.28. The van der Waals surface area contributed by atoms with Crippen molar-refractivity contribution in [3.63, 3.8) is 0 Å². The quantitative estimate of drug-likeness (QED) is 0.717. The third-order valence-electron chi connectivity index (χ3n) is 4.47. The Balaban J connectivity index is 1.83. The zero-order valence-electron chi connectivity index (χ0n) is 13.4. The third kappa shape index (κ3) is 4.72. The van der Waals surface area contributed by atoms with Gasteiger partial charge in [0.2, 0.25) is 5.91 Å². The number of amides is 1. The molecule has 1 saturated carbocycles. The number of nitrogens with one attached hydrogen (secondary N) is 2. The topological polar surface area (TPSA) is 61.4 Å². The average Bonchev–Trinajstić information content (AvgIpc) is 2.99. The van der Waals surface area contributed by atoms with Crippen LogP contribution < -0.4 is 10.6 Å². The minimum Gasteiger partial charge on any atom is -0.394 e. The summed E-state index contributed by atoms with van der Waals surface area (Å²) < 4.78 is 27.2. The van der Waals surface area contributed by atoms with Gasteiger partial charge >= 0.3 is 0 Å². The van der Waals surface area contributed by atoms with Crippen LogP contribution in [0.1, 0.15) is 38.2 Å². The van der Waals surface area contributed by atoms with Crippen molar-refractivity contribution in [2.45, 2.75) is 50.6 Å². The molecule has 1 atom stereocenters. The molecule has 23 heavy (non-hydrogen) atoms. The number of rotatable bonds is 7. The molecule has 1 fully saturated rings. The van der Waals surface area contributed by atoms with Crippen molar-refractivity contribution in [1.29, 1.82) is 0 Å². The molecule has 2 rings (SSSR count). The van der Waals surface area contributed by atoms with Crippen LogP contribution in [0.25, 0.3) is 0 Å². The fourth-order valence-corrected chi connectivity index (χ4v) is 3.12. The Bertz CT molecular complexity index is 525. The maximum Gasteiger partial charge on any atom is 0.234 e. The molecule has 0 saturated heterocycles. The minimum atomic E-state index is -0.602. The Morgan fingerprint density at radius 1 is 1.30 bits per heavy atom. The van der Waals surface area contributed by atoms with Crippen LogP contribution in [0.15, 0.2) is 18.2 Å². The van der Waals surface area contributed by atoms with E-state index in [0.29, 0.717) is 0 Å². The number of halogens is 2. The second kappa shape index (κ2) is 7.84. The summed E-state index contributed by atoms with van der Waals surface area (Å²) in [6.07, 6.45) is 3.88. The monoisotopic (exact) mass is 326 g/mol. The van der Waals surface area contributed by atoms with E-state index in [1.165, 1.54) is 18.2 Å². The maximum absolute atomic E-state index is 13.6. The smallest absolute Gasteiger partial charge is 0.234 e. The van der Waals surface area contributed by atoms with Crippen LogP contribution in [0.5, 0.6) is 0 Å². The van der Waals surface area contributed by atoms with Gasteiger partial charge in [0.15, 0.2) is 0 Å². The molecule has 1 aromatic rings. The Morgan fingerprint density at radius 3 is 2.48 bits per heavy atom. The molecule has 0 heterocycles. The largest absolute Gasteiger partial charge is 0.394 e. The van der Waals surface area contributed by atoms with Crippen LogP contribution in [-0.4, -0.2) is 35.7 Å². The molecule has 0 aliphatic heterocycles. The number of hydrogen-bond donors (Lipinski definition) is 3. The van der Waals surface area contributed by atoms with Gasteiger partial charge in [0.1, 0.15) is 11.6 Å². The summed E-state index contributed by atoms with van der Waals surface area (Å²) in [6.45, 7) is 1.81. The van der Waals surface area contributed by atoms with Crippen LogP contribution in [0.4, 0.5) is 8.78 Å². The SMILES string of the molecule is CC(Cc1c(F)cccc1F)NC(=O)CNC1(CO)CCCC1. The van der Waals surface area contributed by atoms with Gasteiger partial charge in [-0.2, -0.15) is 0 Å². The standard InChI is InChI=1S/C17H24F2N2O2/c1-12(9-13-14(18)5-4-6-15(13)19)21-16(23)10-20-17(11-22)7-2-3-8-17/h4-6,12,20,22H,2-3,7-11H2,1H3,(H,21,23). The Hall–Kier alpha value is -1.53. The molecule has 1 aliphatic rings. The molecule has 0 bridgehead atoms. The number of hydrogen-bond acceptors (Lipinski definition) is 3. The number of carbonyl (C=O) groups is 1. The molecule has 3 N–H and O–H groups in total. The van der Waals surface area contributed by atoms with E-state index in [-0.39, 0.29) is 42.6 Å². The first-order chi connectivity index (χ1) is 11.0. The van der Waals surface area contributed by atoms with Gasteiger partial charge in [0.25, 0.3) is 0 Å². The zero-order valence-corrected chi connectivity index (χ0v) is 13.4. The molecule has 1 amide bonds. The minimum absolute atomic E-state index is 0.0102. The fraction of sp³-hybridized carbons (Fsp3) is 0.588. The molecule has 1 aromatic carbocycles. The zero-order chi connectivity index (χ0) is 16.9. The molecule has 0 radical (unpaired) electrons. The van der Waals surface area contributed by atoms with Crippen molar-refractivity contribution >= 4 is 5.91 Å². The lowest BCUT2D eigenvalue weighted by Crippen LogP contribution is -2.51. The van der Waals surface area contributed by atoms with Gasteiger partial charge in [-0.15, -0.1) is 0 Å². The molecular weight excluding hydrogens is 302 g/mol. The summed E-state index contributed by atoms with van der Waals surface area (Å²) in [5, 5.41) is 15.3. The molecule has 6 heteroatoms. The van der Waals surface area contributed by atoms with Crippen molar-refractivity contribution in [1.82, 2.24) is 10.6 Å². The summed E-state index contributed by atoms with van der Waals surface area (Å²) >= 11 is 0. The van der Waals surface area contributed by atoms with Gasteiger partial charge in [-0.25, -0.2) is 8.78 Å². The lowest BCUT2D eigenvalue weighted by Gasteiger charge is -2.28. The molecule has 4 nitrogen and oxygen atoms in total. The Morgan fingerprint density at radius 2 is 1.91 bits per heavy atom. The van der Waals surface area contributed by atoms with Gasteiger partial charge in [0.05, 0.1) is 13.2 Å². The number of aliphatic hydroxyl groups is 1. The van der Waals surface area contributed by atoms with E-state index in [1.807, 2.05) is 0 Å². The first-order valence-corrected chi connectivity index (χ1v) is 8.04. The second-order valence-corrected chi connectivity index (χ2v) is 6.37. The Labute approximate surface area is 135 Å². The van der Waals surface area contributed by atoms with Crippen LogP contribution in [0.2, 0.25) is 0 Å². The van der Waals surface area contributed by atoms with E-state index in [0.717, 1.165) is 25.7 Å². The predicted molar refractivity (Wildman–Crippen MR) is 84.0 cm³/mol. The van der Waals surface area contributed by atoms with Gasteiger partial charge in [-0.1, -0.05) is 18.9 Å². The summed E-state index contributed by atoms with van der Waals surface area (Å²) in [5.41, 5.74) is -0.381. The van der Waals surface area contributed by atoms with Gasteiger partial charge in [0, 0.05) is 17.1 Å². The van der Waals surface area contributed by atoms with Gasteiger partial charge < -0.3 is 15.7 Å². The second-order valence-electron chi connectivity index (χ2n) is 6.37. The first-order valence-electron chi connectivity index (χ1n) is 8.04. The van der Waals surface area contributed by atoms with E-state index in [2.05, 4.69) is 10.6 Å². The molecule has 1 aliphatic carbocycles. The fourth-order valence-electron chi connectivity index (χ4n) is 3.12. The van der Waals surface area contributed by atoms with Gasteiger partial charge in [-0.05, 0) is 38.3 Å². The van der Waals surface area contributed by atoms with Crippen molar-refractivity contribution in [3.05, 3.63) is 35.4 Å². The molecule has 128 valence electrons. The number of carbonyl (C=O) groups excluding carboxylic acids is 1. The van der Waals surface area contributed by atoms with E-state index >= 15 is 0 Å². The van der Waals surface area contributed by atoms with Crippen LogP contribution >= 0.6 is 0 Å². The van der Waals surface area contributed by atoms with Crippen molar-refractivity contribution in [2.75, 3.05) is 13.2 Å². The average molecular weight is 326 g/mol. The highest BCUT2D eigenvalue weighted by molar-refractivity contribution is 5.78. The predicted octanol–water partition coefficient (Wildman–Crippen LogP) is 1.91. The third-order valence-corrected chi connectivity index (χ3v) is 4.47. The van der Waals surface area contributed by atoms with Crippen molar-refractivity contribution < 1.29 is 18.7 Å². The Kier molecular flexibility index (Phi) is 6.07. The van der Waals surface area contributed by atoms with E-state index in [9.17, 15) is 18.7 Å². The van der Waals surface area contributed by atoms with E-state index in [1.54, 1.807) is 6.92 Å². The van der Waals surface area contributed by atoms with Gasteiger partial charge in [-0.3, -0.25) is 4.79 Å². The van der Waals surface area contributed by atoms with Crippen molar-refractivity contribution in [3.8, 4) is 0 Å². The highest BCUT2D eigenvalue weighted by atomic mass is 19.1. The highest BCUT2D eigenvalue weighted by Gasteiger charge is 2.33. The summed E-state index contributed by atoms with van der Waals surface area (Å²) in [6, 6.07) is 3.35. The van der Waals surface area contributed by atoms with Crippen molar-refractivity contribution in [2.24, 2.45) is 0 Å². The van der Waals surface area contributed by atoms with Crippen LogP contribution in [0, 0.1) is 11.6 Å². The maximum atomic E-state index is 13.6. The molecular formula is C17H24F2N2O2. The number of aliphatic hydroxyl groups excluding tert-OH is 1. The number of benzene rings is 1. The summed E-state index contributed by atoms with van der Waals surface area (Å²) in [7, 11) is 0. The lowest BCUT2D eigenvalue weighted by atomic mass is 9.99.